The number of hydrogen-bond donors (Lipinski definition) is 1. The second kappa shape index (κ2) is 7.38. The van der Waals surface area contributed by atoms with Crippen molar-refractivity contribution in [1.29, 1.82) is 0 Å². The topological polar surface area (TPSA) is 80.8 Å². The summed E-state index contributed by atoms with van der Waals surface area (Å²) in [6.07, 6.45) is 2.24. The van der Waals surface area contributed by atoms with Gasteiger partial charge in [-0.3, -0.25) is 5.10 Å². The van der Waals surface area contributed by atoms with Crippen molar-refractivity contribution in [2.24, 2.45) is 0 Å². The Morgan fingerprint density at radius 2 is 2.30 bits per heavy atom. The van der Waals surface area contributed by atoms with Crippen molar-refractivity contribution in [2.45, 2.75) is 23.5 Å². The van der Waals surface area contributed by atoms with Crippen molar-refractivity contribution in [2.75, 3.05) is 6.61 Å². The maximum atomic E-state index is 11.6. The number of carbonyl (C=O) groups excluding carboxylic acids is 1. The van der Waals surface area contributed by atoms with Crippen LogP contribution in [0.4, 0.5) is 0 Å². The quantitative estimate of drug-likeness (QED) is 0.691. The molecule has 0 fully saturated rings. The Morgan fingerprint density at radius 3 is 3.00 bits per heavy atom. The molecule has 0 atom stereocenters. The molecule has 6 nitrogen and oxygen atoms in total. The molecule has 3 rings (SSSR count). The van der Waals surface area contributed by atoms with E-state index in [1.165, 1.54) is 22.8 Å². The zero-order chi connectivity index (χ0) is 16.1. The molecule has 0 aromatic carbocycles. The molecule has 1 N–H and O–H groups in total. The zero-order valence-electron chi connectivity index (χ0n) is 12.4. The molecule has 118 valence electrons. The maximum Gasteiger partial charge on any atom is 0.339 e. The first-order chi connectivity index (χ1) is 11.2. The lowest BCUT2D eigenvalue weighted by atomic mass is 10.3. The highest BCUT2D eigenvalue weighted by Gasteiger charge is 2.10. The second-order valence-corrected chi connectivity index (χ2v) is 6.55. The van der Waals surface area contributed by atoms with E-state index in [0.29, 0.717) is 17.3 Å². The lowest BCUT2D eigenvalue weighted by Crippen LogP contribution is -2.04. The van der Waals surface area contributed by atoms with Crippen LogP contribution >= 0.6 is 23.1 Å². The lowest BCUT2D eigenvalue weighted by Gasteiger charge is -2.01. The van der Waals surface area contributed by atoms with Crippen LogP contribution in [-0.4, -0.2) is 32.7 Å². The molecule has 0 spiro atoms. The summed E-state index contributed by atoms with van der Waals surface area (Å²) >= 11 is 3.03. The van der Waals surface area contributed by atoms with E-state index in [2.05, 4.69) is 26.2 Å². The fraction of sp³-hybridized carbons (Fsp3) is 0.200. The van der Waals surface area contributed by atoms with Gasteiger partial charge < -0.3 is 4.74 Å². The fourth-order valence-corrected chi connectivity index (χ4v) is 3.23. The standard InChI is InChI=1S/C15H14N4O2S2/c1-2-21-14(20)10-5-6-13(16-9-10)23-15-17-12(18-19-15)8-11-4-3-7-22-11/h3-7,9H,2,8H2,1H3,(H,17,18,19). The average Bonchev–Trinajstić information content (AvgIpc) is 3.21. The van der Waals surface area contributed by atoms with Gasteiger partial charge in [0.05, 0.1) is 12.2 Å². The molecular formula is C15H14N4O2S2. The molecule has 0 aliphatic carbocycles. The predicted octanol–water partition coefficient (Wildman–Crippen LogP) is 3.18. The van der Waals surface area contributed by atoms with Gasteiger partial charge in [-0.1, -0.05) is 6.07 Å². The van der Waals surface area contributed by atoms with E-state index in [1.807, 2.05) is 11.4 Å². The third kappa shape index (κ3) is 4.17. The molecule has 3 aromatic rings. The summed E-state index contributed by atoms with van der Waals surface area (Å²) < 4.78 is 4.92. The van der Waals surface area contributed by atoms with Gasteiger partial charge in [-0.05, 0) is 42.3 Å². The summed E-state index contributed by atoms with van der Waals surface area (Å²) in [5.41, 5.74) is 0.435. The van der Waals surface area contributed by atoms with Crippen molar-refractivity contribution in [3.05, 3.63) is 52.1 Å². The Hall–Kier alpha value is -2.19. The van der Waals surface area contributed by atoms with Gasteiger partial charge in [0, 0.05) is 17.5 Å². The van der Waals surface area contributed by atoms with Gasteiger partial charge in [0.15, 0.2) is 0 Å². The summed E-state index contributed by atoms with van der Waals surface area (Å²) in [4.78, 5) is 21.5. The first kappa shape index (κ1) is 15.7. The molecule has 0 bridgehead atoms. The Bertz CT molecular complexity index is 769. The molecule has 3 heterocycles. The highest BCUT2D eigenvalue weighted by atomic mass is 32.2. The van der Waals surface area contributed by atoms with Gasteiger partial charge in [-0.15, -0.1) is 16.4 Å². The molecular weight excluding hydrogens is 332 g/mol. The number of nitrogens with zero attached hydrogens (tertiary/aromatic N) is 3. The average molecular weight is 346 g/mol. The van der Waals surface area contributed by atoms with Crippen molar-refractivity contribution < 1.29 is 9.53 Å². The van der Waals surface area contributed by atoms with E-state index in [0.717, 1.165) is 17.3 Å². The van der Waals surface area contributed by atoms with Gasteiger partial charge in [0.2, 0.25) is 5.16 Å². The fourth-order valence-electron chi connectivity index (χ4n) is 1.85. The van der Waals surface area contributed by atoms with Crippen LogP contribution in [0.15, 0.2) is 46.0 Å². The van der Waals surface area contributed by atoms with Crippen molar-refractivity contribution in [1.82, 2.24) is 20.2 Å². The van der Waals surface area contributed by atoms with E-state index in [9.17, 15) is 4.79 Å². The van der Waals surface area contributed by atoms with E-state index >= 15 is 0 Å². The number of aromatic nitrogens is 4. The molecule has 0 radical (unpaired) electrons. The number of thiophene rings is 1. The number of aromatic amines is 1. The molecule has 0 amide bonds. The molecule has 8 heteroatoms. The number of nitrogens with one attached hydrogen (secondary N) is 1. The second-order valence-electron chi connectivity index (χ2n) is 4.53. The predicted molar refractivity (Wildman–Crippen MR) is 87.8 cm³/mol. The smallest absolute Gasteiger partial charge is 0.339 e. The molecule has 0 aliphatic heterocycles. The number of ether oxygens (including phenoxy) is 1. The molecule has 0 aliphatic rings. The van der Waals surface area contributed by atoms with Crippen molar-refractivity contribution in [3.63, 3.8) is 0 Å². The summed E-state index contributed by atoms with van der Waals surface area (Å²) in [6.45, 7) is 2.12. The lowest BCUT2D eigenvalue weighted by molar-refractivity contribution is 0.0525. The van der Waals surface area contributed by atoms with E-state index in [4.69, 9.17) is 4.74 Å². The number of rotatable bonds is 6. The highest BCUT2D eigenvalue weighted by molar-refractivity contribution is 7.99. The normalized spacial score (nSPS) is 10.7. The van der Waals surface area contributed by atoms with Crippen molar-refractivity contribution in [3.8, 4) is 0 Å². The molecule has 0 saturated heterocycles. The monoisotopic (exact) mass is 346 g/mol. The third-order valence-electron chi connectivity index (χ3n) is 2.88. The van der Waals surface area contributed by atoms with Crippen LogP contribution < -0.4 is 0 Å². The third-order valence-corrected chi connectivity index (χ3v) is 4.57. The van der Waals surface area contributed by atoms with Crippen molar-refractivity contribution >= 4 is 29.1 Å². The molecule has 3 aromatic heterocycles. The van der Waals surface area contributed by atoms with Crippen LogP contribution in [0.5, 0.6) is 0 Å². The van der Waals surface area contributed by atoms with Crippen LogP contribution in [0.2, 0.25) is 0 Å². The van der Waals surface area contributed by atoms with Crippen LogP contribution in [0.1, 0.15) is 28.0 Å². The Labute approximate surface area is 141 Å². The molecule has 0 unspecified atom stereocenters. The van der Waals surface area contributed by atoms with E-state index in [-0.39, 0.29) is 5.97 Å². The first-order valence-electron chi connectivity index (χ1n) is 6.99. The largest absolute Gasteiger partial charge is 0.462 e. The number of H-pyrrole nitrogens is 1. The Balaban J connectivity index is 1.63. The number of esters is 1. The van der Waals surface area contributed by atoms with Crippen LogP contribution in [0.3, 0.4) is 0 Å². The summed E-state index contributed by atoms with van der Waals surface area (Å²) in [7, 11) is 0. The van der Waals surface area contributed by atoms with Crippen LogP contribution in [0.25, 0.3) is 0 Å². The minimum absolute atomic E-state index is 0.347. The SMILES string of the molecule is CCOC(=O)c1ccc(Sc2n[nH]c(Cc3cccs3)n2)nc1. The van der Waals surface area contributed by atoms with E-state index in [1.54, 1.807) is 30.4 Å². The summed E-state index contributed by atoms with van der Waals surface area (Å²) in [6, 6.07) is 7.52. The highest BCUT2D eigenvalue weighted by Crippen LogP contribution is 2.23. The molecule has 0 saturated carbocycles. The van der Waals surface area contributed by atoms with Crippen LogP contribution in [-0.2, 0) is 11.2 Å². The van der Waals surface area contributed by atoms with Crippen LogP contribution in [0, 0.1) is 0 Å². The Kier molecular flexibility index (Phi) is 5.04. The van der Waals surface area contributed by atoms with Gasteiger partial charge in [-0.25, -0.2) is 14.8 Å². The van der Waals surface area contributed by atoms with Gasteiger partial charge >= 0.3 is 5.97 Å². The summed E-state index contributed by atoms with van der Waals surface area (Å²) in [5.74, 6) is 0.450. The van der Waals surface area contributed by atoms with Gasteiger partial charge in [-0.2, -0.15) is 0 Å². The number of hydrogen-bond acceptors (Lipinski definition) is 7. The zero-order valence-corrected chi connectivity index (χ0v) is 14.0. The summed E-state index contributed by atoms with van der Waals surface area (Å²) in [5, 5.41) is 10.5. The minimum atomic E-state index is -0.368. The van der Waals surface area contributed by atoms with Gasteiger partial charge in [0.1, 0.15) is 10.9 Å². The number of carbonyl (C=O) groups is 1. The minimum Gasteiger partial charge on any atom is -0.462 e. The maximum absolute atomic E-state index is 11.6. The first-order valence-corrected chi connectivity index (χ1v) is 8.69. The number of pyridine rings is 1. The molecule has 23 heavy (non-hydrogen) atoms. The van der Waals surface area contributed by atoms with E-state index < -0.39 is 0 Å². The van der Waals surface area contributed by atoms with Gasteiger partial charge in [0.25, 0.3) is 0 Å². The Morgan fingerprint density at radius 1 is 1.39 bits per heavy atom.